The van der Waals surface area contributed by atoms with Gasteiger partial charge in [0.25, 0.3) is 0 Å². The highest BCUT2D eigenvalue weighted by molar-refractivity contribution is 7.92. The molecule has 1 aliphatic heterocycles. The number of aliphatic imine (C=N–C) groups is 1. The molecule has 0 saturated carbocycles. The Morgan fingerprint density at radius 1 is 1.26 bits per heavy atom. The van der Waals surface area contributed by atoms with Gasteiger partial charge in [0.05, 0.1) is 11.3 Å². The van der Waals surface area contributed by atoms with Crippen molar-refractivity contribution in [3.05, 3.63) is 0 Å². The third-order valence-corrected chi connectivity index (χ3v) is 6.42. The van der Waals surface area contributed by atoms with Crippen LogP contribution in [0.25, 0.3) is 0 Å². The molecular formula is C16H33N3O3S. The lowest BCUT2D eigenvalue weighted by Crippen LogP contribution is -2.47. The molecule has 0 atom stereocenters. The maximum atomic E-state index is 12.2. The van der Waals surface area contributed by atoms with Crippen LogP contribution in [0.15, 0.2) is 4.99 Å². The Bertz CT molecular complexity index is 469. The normalized spacial score (nSPS) is 18.9. The number of nitrogens with zero attached hydrogens (tertiary/aromatic N) is 1. The third-order valence-electron chi connectivity index (χ3n) is 4.31. The summed E-state index contributed by atoms with van der Waals surface area (Å²) in [7, 11) is -3.18. The largest absolute Gasteiger partial charge is 0.381 e. The first kappa shape index (κ1) is 20.2. The highest BCUT2D eigenvalue weighted by atomic mass is 32.2. The van der Waals surface area contributed by atoms with Gasteiger partial charge in [0.2, 0.25) is 0 Å². The molecule has 1 aliphatic rings. The number of rotatable bonds is 8. The Kier molecular flexibility index (Phi) is 8.33. The Labute approximate surface area is 141 Å². The zero-order valence-electron chi connectivity index (χ0n) is 15.0. The first-order valence-corrected chi connectivity index (χ1v) is 10.5. The van der Waals surface area contributed by atoms with Crippen molar-refractivity contribution in [3.8, 4) is 0 Å². The second-order valence-corrected chi connectivity index (χ2v) is 9.14. The van der Waals surface area contributed by atoms with Gasteiger partial charge in [0.1, 0.15) is 0 Å². The summed E-state index contributed by atoms with van der Waals surface area (Å²) in [4.78, 5) is 4.55. The molecule has 0 bridgehead atoms. The molecule has 0 unspecified atom stereocenters. The third kappa shape index (κ3) is 6.67. The molecule has 0 amide bonds. The molecule has 2 N–H and O–H groups in total. The van der Waals surface area contributed by atoms with Gasteiger partial charge in [-0.1, -0.05) is 13.8 Å². The van der Waals surface area contributed by atoms with Crippen LogP contribution in [0.1, 0.15) is 46.5 Å². The fraction of sp³-hybridized carbons (Fsp3) is 0.938. The lowest BCUT2D eigenvalue weighted by Gasteiger charge is -2.34. The summed E-state index contributed by atoms with van der Waals surface area (Å²) in [5.41, 5.74) is 0. The van der Waals surface area contributed by atoms with Crippen LogP contribution in [0.2, 0.25) is 0 Å². The van der Waals surface area contributed by atoms with Crippen LogP contribution in [0.5, 0.6) is 0 Å². The SMILES string of the molecule is CCNC(=NCC1(S(C)(=O)=O)CCOCC1)NCCCC(C)C. The van der Waals surface area contributed by atoms with Crippen molar-refractivity contribution in [2.24, 2.45) is 10.9 Å². The lowest BCUT2D eigenvalue weighted by molar-refractivity contribution is 0.0768. The minimum Gasteiger partial charge on any atom is -0.381 e. The van der Waals surface area contributed by atoms with Crippen molar-refractivity contribution in [2.45, 2.75) is 51.2 Å². The van der Waals surface area contributed by atoms with E-state index in [1.807, 2.05) is 6.92 Å². The zero-order valence-corrected chi connectivity index (χ0v) is 15.8. The minimum atomic E-state index is -3.18. The molecule has 1 heterocycles. The minimum absolute atomic E-state index is 0.286. The van der Waals surface area contributed by atoms with E-state index in [1.54, 1.807) is 0 Å². The van der Waals surface area contributed by atoms with Crippen molar-refractivity contribution in [2.75, 3.05) is 39.1 Å². The highest BCUT2D eigenvalue weighted by Gasteiger charge is 2.42. The lowest BCUT2D eigenvalue weighted by atomic mass is 9.99. The number of sulfone groups is 1. The molecular weight excluding hydrogens is 314 g/mol. The van der Waals surface area contributed by atoms with Crippen molar-refractivity contribution in [1.29, 1.82) is 0 Å². The van der Waals surface area contributed by atoms with E-state index >= 15 is 0 Å². The second kappa shape index (κ2) is 9.47. The summed E-state index contributed by atoms with van der Waals surface area (Å²) < 4.78 is 29.0. The van der Waals surface area contributed by atoms with Crippen molar-refractivity contribution in [3.63, 3.8) is 0 Å². The molecule has 136 valence electrons. The van der Waals surface area contributed by atoms with Crippen LogP contribution < -0.4 is 10.6 Å². The predicted octanol–water partition coefficient (Wildman–Crippen LogP) is 1.57. The van der Waals surface area contributed by atoms with Crippen LogP contribution in [-0.4, -0.2) is 58.2 Å². The van der Waals surface area contributed by atoms with E-state index in [2.05, 4.69) is 29.5 Å². The monoisotopic (exact) mass is 347 g/mol. The molecule has 0 aliphatic carbocycles. The van der Waals surface area contributed by atoms with E-state index < -0.39 is 14.6 Å². The summed E-state index contributed by atoms with van der Waals surface area (Å²) in [6.45, 7) is 9.29. The molecule has 1 fully saturated rings. The topological polar surface area (TPSA) is 79.8 Å². The molecule has 1 rings (SSSR count). The van der Waals surface area contributed by atoms with Crippen LogP contribution in [0, 0.1) is 5.92 Å². The summed E-state index contributed by atoms with van der Waals surface area (Å²) in [5, 5.41) is 6.49. The molecule has 0 aromatic carbocycles. The van der Waals surface area contributed by atoms with Gasteiger partial charge >= 0.3 is 0 Å². The van der Waals surface area contributed by atoms with Crippen molar-refractivity contribution >= 4 is 15.8 Å². The second-order valence-electron chi connectivity index (χ2n) is 6.73. The Hall–Kier alpha value is -0.820. The molecule has 6 nitrogen and oxygen atoms in total. The maximum absolute atomic E-state index is 12.2. The van der Waals surface area contributed by atoms with E-state index in [0.717, 1.165) is 25.9 Å². The molecule has 0 aromatic heterocycles. The number of hydrogen-bond acceptors (Lipinski definition) is 4. The fourth-order valence-electron chi connectivity index (χ4n) is 2.67. The van der Waals surface area contributed by atoms with Crippen molar-refractivity contribution < 1.29 is 13.2 Å². The summed E-state index contributed by atoms with van der Waals surface area (Å²) >= 11 is 0. The first-order chi connectivity index (χ1) is 10.8. The quantitative estimate of drug-likeness (QED) is 0.396. The molecule has 0 radical (unpaired) electrons. The van der Waals surface area contributed by atoms with Crippen molar-refractivity contribution in [1.82, 2.24) is 10.6 Å². The summed E-state index contributed by atoms with van der Waals surface area (Å²) in [5.74, 6) is 1.39. The van der Waals surface area contributed by atoms with Gasteiger partial charge in [0.15, 0.2) is 15.8 Å². The van der Waals surface area contributed by atoms with Crippen LogP contribution in [-0.2, 0) is 14.6 Å². The van der Waals surface area contributed by atoms with Crippen LogP contribution in [0.4, 0.5) is 0 Å². The van der Waals surface area contributed by atoms with E-state index in [4.69, 9.17) is 4.74 Å². The molecule has 0 spiro atoms. The summed E-state index contributed by atoms with van der Waals surface area (Å²) in [6.07, 6.45) is 4.59. The standard InChI is InChI=1S/C16H33N3O3S/c1-5-17-15(18-10-6-7-14(2)3)19-13-16(23(4,20)21)8-11-22-12-9-16/h14H,5-13H2,1-4H3,(H2,17,18,19). The van der Waals surface area contributed by atoms with Gasteiger partial charge in [-0.3, -0.25) is 4.99 Å². The van der Waals surface area contributed by atoms with Gasteiger partial charge in [-0.2, -0.15) is 0 Å². The van der Waals surface area contributed by atoms with E-state index in [1.165, 1.54) is 6.26 Å². The van der Waals surface area contributed by atoms with E-state index in [-0.39, 0.29) is 6.54 Å². The maximum Gasteiger partial charge on any atom is 0.191 e. The summed E-state index contributed by atoms with van der Waals surface area (Å²) in [6, 6.07) is 0. The Morgan fingerprint density at radius 3 is 2.43 bits per heavy atom. The number of nitrogens with one attached hydrogen (secondary N) is 2. The van der Waals surface area contributed by atoms with Gasteiger partial charge in [-0.05, 0) is 38.5 Å². The first-order valence-electron chi connectivity index (χ1n) is 8.60. The number of ether oxygens (including phenoxy) is 1. The Balaban J connectivity index is 2.69. The molecule has 23 heavy (non-hydrogen) atoms. The zero-order chi connectivity index (χ0) is 17.3. The number of guanidine groups is 1. The molecule has 7 heteroatoms. The highest BCUT2D eigenvalue weighted by Crippen LogP contribution is 2.29. The molecule has 0 aromatic rings. The molecule has 1 saturated heterocycles. The average Bonchev–Trinajstić information content (AvgIpc) is 2.48. The number of hydrogen-bond donors (Lipinski definition) is 2. The fourth-order valence-corrected chi connectivity index (χ4v) is 3.88. The van der Waals surface area contributed by atoms with Crippen LogP contribution in [0.3, 0.4) is 0 Å². The smallest absolute Gasteiger partial charge is 0.191 e. The van der Waals surface area contributed by atoms with Gasteiger partial charge in [0, 0.05) is 32.6 Å². The van der Waals surface area contributed by atoms with E-state index in [9.17, 15) is 8.42 Å². The average molecular weight is 348 g/mol. The predicted molar refractivity (Wildman–Crippen MR) is 95.7 cm³/mol. The van der Waals surface area contributed by atoms with Gasteiger partial charge < -0.3 is 15.4 Å². The van der Waals surface area contributed by atoms with Gasteiger partial charge in [-0.15, -0.1) is 0 Å². The Morgan fingerprint density at radius 2 is 1.91 bits per heavy atom. The van der Waals surface area contributed by atoms with Gasteiger partial charge in [-0.25, -0.2) is 8.42 Å². The van der Waals surface area contributed by atoms with E-state index in [0.29, 0.717) is 37.9 Å². The van der Waals surface area contributed by atoms with Crippen LogP contribution >= 0.6 is 0 Å².